The van der Waals surface area contributed by atoms with Gasteiger partial charge in [-0.05, 0) is 31.0 Å². The van der Waals surface area contributed by atoms with Crippen LogP contribution in [0.25, 0.3) is 0 Å². The van der Waals surface area contributed by atoms with Crippen molar-refractivity contribution in [1.29, 1.82) is 0 Å². The second-order valence-electron chi connectivity index (χ2n) is 4.92. The van der Waals surface area contributed by atoms with Crippen molar-refractivity contribution in [3.63, 3.8) is 0 Å². The van der Waals surface area contributed by atoms with Crippen molar-refractivity contribution in [3.05, 3.63) is 29.8 Å². The molecule has 0 fully saturated rings. The lowest BCUT2D eigenvalue weighted by molar-refractivity contribution is -0.137. The minimum absolute atomic E-state index is 0.0292. The van der Waals surface area contributed by atoms with Crippen LogP contribution in [0.2, 0.25) is 0 Å². The summed E-state index contributed by atoms with van der Waals surface area (Å²) in [7, 11) is -4.03. The summed E-state index contributed by atoms with van der Waals surface area (Å²) in [6, 6.07) is 3.61. The van der Waals surface area contributed by atoms with E-state index < -0.39 is 32.2 Å². The number of benzene rings is 1. The van der Waals surface area contributed by atoms with Crippen molar-refractivity contribution in [2.45, 2.75) is 43.3 Å². The molecular weight excluding hydrogens is 305 g/mol. The third-order valence-corrected chi connectivity index (χ3v) is 4.89. The van der Waals surface area contributed by atoms with Gasteiger partial charge >= 0.3 is 6.18 Å². The molecule has 1 rings (SSSR count). The average Bonchev–Trinajstić information content (AvgIpc) is 2.44. The van der Waals surface area contributed by atoms with E-state index >= 15 is 0 Å². The first-order chi connectivity index (χ1) is 9.54. The van der Waals surface area contributed by atoms with Crippen LogP contribution in [0, 0.1) is 0 Å². The van der Waals surface area contributed by atoms with Gasteiger partial charge in [-0.25, -0.2) is 13.1 Å². The van der Waals surface area contributed by atoms with Gasteiger partial charge in [0.05, 0.1) is 10.5 Å². The van der Waals surface area contributed by atoms with Crippen molar-refractivity contribution in [2.75, 3.05) is 6.54 Å². The van der Waals surface area contributed by atoms with Crippen LogP contribution in [0.3, 0.4) is 0 Å². The van der Waals surface area contributed by atoms with Crippen LogP contribution in [0.1, 0.15) is 32.3 Å². The predicted octanol–water partition coefficient (Wildman–Crippen LogP) is 2.50. The minimum Gasteiger partial charge on any atom is -0.324 e. The van der Waals surface area contributed by atoms with E-state index in [2.05, 4.69) is 4.72 Å². The maximum atomic E-state index is 12.6. The van der Waals surface area contributed by atoms with Crippen LogP contribution < -0.4 is 10.5 Å². The molecule has 4 nitrogen and oxygen atoms in total. The molecule has 0 bridgehead atoms. The van der Waals surface area contributed by atoms with Gasteiger partial charge in [0.25, 0.3) is 0 Å². The summed E-state index contributed by atoms with van der Waals surface area (Å²) in [4.78, 5) is -0.424. The van der Waals surface area contributed by atoms with Crippen LogP contribution in [0.5, 0.6) is 0 Å². The predicted molar refractivity (Wildman–Crippen MR) is 74.1 cm³/mol. The highest BCUT2D eigenvalue weighted by molar-refractivity contribution is 7.89. The molecule has 1 aromatic carbocycles. The molecule has 0 saturated carbocycles. The lowest BCUT2D eigenvalue weighted by atomic mass is 9.95. The second-order valence-corrected chi connectivity index (χ2v) is 6.69. The monoisotopic (exact) mass is 324 g/mol. The molecule has 0 unspecified atom stereocenters. The summed E-state index contributed by atoms with van der Waals surface area (Å²) in [5.74, 6) is 0. The first-order valence-corrected chi connectivity index (χ1v) is 7.98. The van der Waals surface area contributed by atoms with E-state index in [-0.39, 0.29) is 6.54 Å². The summed E-state index contributed by atoms with van der Waals surface area (Å²) in [6.07, 6.45) is -3.49. The molecule has 0 aliphatic carbocycles. The molecule has 3 N–H and O–H groups in total. The van der Waals surface area contributed by atoms with Gasteiger partial charge in [0.1, 0.15) is 0 Å². The van der Waals surface area contributed by atoms with Gasteiger partial charge in [-0.2, -0.15) is 13.2 Å². The Balaban J connectivity index is 2.99. The molecule has 0 radical (unpaired) electrons. The van der Waals surface area contributed by atoms with Gasteiger partial charge in [-0.3, -0.25) is 0 Å². The number of rotatable bonds is 6. The van der Waals surface area contributed by atoms with Gasteiger partial charge in [0.15, 0.2) is 0 Å². The van der Waals surface area contributed by atoms with Crippen LogP contribution in [0.15, 0.2) is 29.2 Å². The van der Waals surface area contributed by atoms with Crippen molar-refractivity contribution < 1.29 is 21.6 Å². The Hall–Kier alpha value is -1.12. The molecule has 0 heterocycles. The molecule has 0 aromatic heterocycles. The Kier molecular flexibility index (Phi) is 5.40. The first kappa shape index (κ1) is 17.9. The number of halogens is 3. The molecule has 0 saturated heterocycles. The van der Waals surface area contributed by atoms with Gasteiger partial charge in [-0.15, -0.1) is 0 Å². The standard InChI is InChI=1S/C13H19F3N2O2S/c1-3-12(17,4-2)9-18-21(19,20)11-7-5-6-10(8-11)13(14,15)16/h5-8,18H,3-4,9,17H2,1-2H3. The van der Waals surface area contributed by atoms with Crippen LogP contribution >= 0.6 is 0 Å². The van der Waals surface area contributed by atoms with E-state index in [1.807, 2.05) is 13.8 Å². The fourth-order valence-corrected chi connectivity index (χ4v) is 2.85. The normalized spacial score (nSPS) is 13.4. The average molecular weight is 324 g/mol. The number of hydrogen-bond acceptors (Lipinski definition) is 3. The van der Waals surface area contributed by atoms with Gasteiger partial charge in [-0.1, -0.05) is 19.9 Å². The van der Waals surface area contributed by atoms with Gasteiger partial charge < -0.3 is 5.73 Å². The fourth-order valence-electron chi connectivity index (χ4n) is 1.66. The summed E-state index contributed by atoms with van der Waals surface area (Å²) in [6.45, 7) is 3.61. The van der Waals surface area contributed by atoms with Gasteiger partial charge in [0, 0.05) is 12.1 Å². The zero-order chi connectivity index (χ0) is 16.3. The molecule has 8 heteroatoms. The molecule has 120 valence electrons. The molecule has 0 aliphatic heterocycles. The Morgan fingerprint density at radius 1 is 1.19 bits per heavy atom. The topological polar surface area (TPSA) is 72.2 Å². The number of sulfonamides is 1. The van der Waals surface area contributed by atoms with E-state index in [1.165, 1.54) is 0 Å². The minimum atomic E-state index is -4.59. The smallest absolute Gasteiger partial charge is 0.324 e. The molecule has 21 heavy (non-hydrogen) atoms. The third kappa shape index (κ3) is 4.69. The first-order valence-electron chi connectivity index (χ1n) is 6.50. The zero-order valence-electron chi connectivity index (χ0n) is 11.9. The molecule has 1 aromatic rings. The van der Waals surface area contributed by atoms with Crippen LogP contribution in [0.4, 0.5) is 13.2 Å². The zero-order valence-corrected chi connectivity index (χ0v) is 12.7. The van der Waals surface area contributed by atoms with E-state index in [1.54, 1.807) is 0 Å². The van der Waals surface area contributed by atoms with E-state index in [0.29, 0.717) is 18.9 Å². The summed E-state index contributed by atoms with van der Waals surface area (Å²) in [5, 5.41) is 0. The van der Waals surface area contributed by atoms with Crippen molar-refractivity contribution in [2.24, 2.45) is 5.73 Å². The SMILES string of the molecule is CCC(N)(CC)CNS(=O)(=O)c1cccc(C(F)(F)F)c1. The van der Waals surface area contributed by atoms with E-state index in [0.717, 1.165) is 18.2 Å². The Morgan fingerprint density at radius 2 is 1.76 bits per heavy atom. The van der Waals surface area contributed by atoms with Crippen LogP contribution in [-0.2, 0) is 16.2 Å². The summed E-state index contributed by atoms with van der Waals surface area (Å²) in [5.41, 5.74) is 4.26. The lowest BCUT2D eigenvalue weighted by Gasteiger charge is -2.26. The molecule has 0 atom stereocenters. The Bertz CT molecular complexity index is 581. The lowest BCUT2D eigenvalue weighted by Crippen LogP contribution is -2.49. The maximum Gasteiger partial charge on any atom is 0.416 e. The van der Waals surface area contributed by atoms with Gasteiger partial charge in [0.2, 0.25) is 10.0 Å². The highest BCUT2D eigenvalue weighted by Gasteiger charge is 2.32. The number of hydrogen-bond donors (Lipinski definition) is 2. The quantitative estimate of drug-likeness (QED) is 0.844. The highest BCUT2D eigenvalue weighted by Crippen LogP contribution is 2.30. The van der Waals surface area contributed by atoms with Crippen molar-refractivity contribution >= 4 is 10.0 Å². The van der Waals surface area contributed by atoms with E-state index in [9.17, 15) is 21.6 Å². The Labute approximate surface area is 122 Å². The summed E-state index contributed by atoms with van der Waals surface area (Å²) >= 11 is 0. The molecule has 0 aliphatic rings. The number of alkyl halides is 3. The summed E-state index contributed by atoms with van der Waals surface area (Å²) < 4.78 is 64.2. The molecular formula is C13H19F3N2O2S. The molecule has 0 spiro atoms. The second kappa shape index (κ2) is 6.33. The number of nitrogens with two attached hydrogens (primary N) is 1. The van der Waals surface area contributed by atoms with Crippen LogP contribution in [-0.4, -0.2) is 20.5 Å². The van der Waals surface area contributed by atoms with Crippen molar-refractivity contribution in [1.82, 2.24) is 4.72 Å². The Morgan fingerprint density at radius 3 is 2.24 bits per heavy atom. The highest BCUT2D eigenvalue weighted by atomic mass is 32.2. The third-order valence-electron chi connectivity index (χ3n) is 3.49. The van der Waals surface area contributed by atoms with E-state index in [4.69, 9.17) is 5.73 Å². The maximum absolute atomic E-state index is 12.6. The van der Waals surface area contributed by atoms with Crippen molar-refractivity contribution in [3.8, 4) is 0 Å². The molecule has 0 amide bonds. The largest absolute Gasteiger partial charge is 0.416 e. The number of nitrogens with one attached hydrogen (secondary N) is 1. The fraction of sp³-hybridized carbons (Fsp3) is 0.538.